The van der Waals surface area contributed by atoms with Crippen LogP contribution in [0.2, 0.25) is 0 Å². The lowest BCUT2D eigenvalue weighted by Crippen LogP contribution is -2.30. The van der Waals surface area contributed by atoms with Crippen LogP contribution in [-0.4, -0.2) is 38.4 Å². The number of aromatic nitrogens is 4. The number of anilines is 1. The fraction of sp³-hybridized carbons (Fsp3) is 0.333. The first-order valence-electron chi connectivity index (χ1n) is 8.55. The molecule has 1 saturated carbocycles. The van der Waals surface area contributed by atoms with Gasteiger partial charge in [-0.2, -0.15) is 5.10 Å². The highest BCUT2D eigenvalue weighted by Crippen LogP contribution is 2.39. The van der Waals surface area contributed by atoms with Gasteiger partial charge in [0.15, 0.2) is 0 Å². The number of aryl methyl sites for hydroxylation is 1. The van der Waals surface area contributed by atoms with Gasteiger partial charge in [0.2, 0.25) is 11.8 Å². The van der Waals surface area contributed by atoms with E-state index in [1.54, 1.807) is 18.9 Å². The molecule has 26 heavy (non-hydrogen) atoms. The molecule has 2 N–H and O–H groups in total. The number of carbonyl (C=O) groups is 1. The molecule has 4 rings (SSSR count). The van der Waals surface area contributed by atoms with Crippen LogP contribution in [0, 0.1) is 6.92 Å². The highest BCUT2D eigenvalue weighted by Gasteiger charge is 2.26. The van der Waals surface area contributed by atoms with Gasteiger partial charge in [0, 0.05) is 31.1 Å². The van der Waals surface area contributed by atoms with Crippen molar-refractivity contribution in [3.05, 3.63) is 47.6 Å². The van der Waals surface area contributed by atoms with Crippen molar-refractivity contribution in [2.75, 3.05) is 12.4 Å². The second kappa shape index (κ2) is 6.62. The first kappa shape index (κ1) is 16.3. The van der Waals surface area contributed by atoms with Gasteiger partial charge in [0.25, 0.3) is 0 Å². The maximum Gasteiger partial charge on any atom is 0.321 e. The number of rotatable bonds is 5. The number of hydrogen-bond acceptors (Lipinski definition) is 5. The molecule has 2 amide bonds. The largest absolute Gasteiger partial charge is 0.421 e. The van der Waals surface area contributed by atoms with Crippen LogP contribution in [0.25, 0.3) is 11.5 Å². The minimum atomic E-state index is -0.186. The predicted octanol–water partition coefficient (Wildman–Crippen LogP) is 3.31. The fourth-order valence-electron chi connectivity index (χ4n) is 2.70. The molecule has 0 spiro atoms. The van der Waals surface area contributed by atoms with Crippen LogP contribution >= 0.6 is 0 Å². The zero-order valence-electron chi connectivity index (χ0n) is 14.7. The maximum atomic E-state index is 12.4. The number of nitrogens with one attached hydrogen (secondary N) is 2. The Morgan fingerprint density at radius 1 is 1.31 bits per heavy atom. The Hall–Kier alpha value is -3.16. The van der Waals surface area contributed by atoms with Crippen molar-refractivity contribution in [3.63, 3.8) is 0 Å². The van der Waals surface area contributed by atoms with Gasteiger partial charge in [-0.3, -0.25) is 5.10 Å². The lowest BCUT2D eigenvalue weighted by atomic mass is 10.2. The molecule has 1 aliphatic rings. The van der Waals surface area contributed by atoms with E-state index in [2.05, 4.69) is 25.7 Å². The first-order valence-corrected chi connectivity index (χ1v) is 8.55. The topological polar surface area (TPSA) is 99.9 Å². The highest BCUT2D eigenvalue weighted by molar-refractivity contribution is 5.89. The number of urea groups is 1. The van der Waals surface area contributed by atoms with E-state index in [4.69, 9.17) is 4.42 Å². The lowest BCUT2D eigenvalue weighted by Gasteiger charge is -2.17. The maximum absolute atomic E-state index is 12.4. The van der Waals surface area contributed by atoms with Crippen molar-refractivity contribution in [2.45, 2.75) is 32.2 Å². The third kappa shape index (κ3) is 3.58. The van der Waals surface area contributed by atoms with E-state index in [0.29, 0.717) is 29.9 Å². The van der Waals surface area contributed by atoms with Crippen LogP contribution in [0.5, 0.6) is 0 Å². The third-order valence-corrected chi connectivity index (χ3v) is 4.31. The van der Waals surface area contributed by atoms with Crippen molar-refractivity contribution in [2.24, 2.45) is 0 Å². The van der Waals surface area contributed by atoms with Crippen molar-refractivity contribution in [1.82, 2.24) is 25.3 Å². The molecule has 2 heterocycles. The summed E-state index contributed by atoms with van der Waals surface area (Å²) in [7, 11) is 1.75. The summed E-state index contributed by atoms with van der Waals surface area (Å²) in [5.41, 5.74) is 3.54. The zero-order chi connectivity index (χ0) is 18.1. The normalized spacial score (nSPS) is 13.6. The molecule has 0 unspecified atom stereocenters. The summed E-state index contributed by atoms with van der Waals surface area (Å²) in [4.78, 5) is 14.0. The molecule has 2 aromatic heterocycles. The molecule has 8 nitrogen and oxygen atoms in total. The first-order chi connectivity index (χ1) is 12.6. The van der Waals surface area contributed by atoms with Crippen molar-refractivity contribution >= 4 is 11.7 Å². The predicted molar refractivity (Wildman–Crippen MR) is 95.5 cm³/mol. The molecular formula is C18H20N6O2. The Labute approximate surface area is 150 Å². The molecule has 0 atom stereocenters. The number of carbonyl (C=O) groups excluding carboxylic acids is 1. The van der Waals surface area contributed by atoms with Gasteiger partial charge < -0.3 is 14.6 Å². The van der Waals surface area contributed by atoms with Crippen LogP contribution in [-0.2, 0) is 6.54 Å². The Morgan fingerprint density at radius 2 is 2.08 bits per heavy atom. The molecule has 8 heteroatoms. The number of nitrogens with zero attached hydrogens (tertiary/aromatic N) is 4. The van der Waals surface area contributed by atoms with Gasteiger partial charge in [-0.1, -0.05) is 0 Å². The number of amides is 2. The summed E-state index contributed by atoms with van der Waals surface area (Å²) in [5.74, 6) is 1.58. The van der Waals surface area contributed by atoms with Gasteiger partial charge in [-0.05, 0) is 43.2 Å². The number of H-pyrrole nitrogens is 1. The van der Waals surface area contributed by atoms with E-state index in [0.717, 1.165) is 17.0 Å². The highest BCUT2D eigenvalue weighted by atomic mass is 16.4. The van der Waals surface area contributed by atoms with Crippen LogP contribution in [0.1, 0.15) is 36.0 Å². The minimum Gasteiger partial charge on any atom is -0.421 e. The second-order valence-electron chi connectivity index (χ2n) is 6.58. The summed E-state index contributed by atoms with van der Waals surface area (Å²) in [6.07, 6.45) is 2.42. The molecule has 0 bridgehead atoms. The number of aromatic amines is 1. The van der Waals surface area contributed by atoms with Crippen LogP contribution < -0.4 is 5.32 Å². The van der Waals surface area contributed by atoms with E-state index in [1.807, 2.05) is 30.3 Å². The number of hydrogen-bond donors (Lipinski definition) is 2. The van der Waals surface area contributed by atoms with E-state index < -0.39 is 0 Å². The molecule has 0 radical (unpaired) electrons. The summed E-state index contributed by atoms with van der Waals surface area (Å²) in [6.45, 7) is 2.22. The molecule has 1 aliphatic carbocycles. The van der Waals surface area contributed by atoms with Crippen LogP contribution in [0.4, 0.5) is 10.5 Å². The summed E-state index contributed by atoms with van der Waals surface area (Å²) in [5, 5.41) is 18.0. The van der Waals surface area contributed by atoms with E-state index >= 15 is 0 Å². The Bertz CT molecular complexity index is 910. The Kier molecular flexibility index (Phi) is 4.16. The average molecular weight is 352 g/mol. The molecule has 0 aliphatic heterocycles. The van der Waals surface area contributed by atoms with Gasteiger partial charge in [-0.25, -0.2) is 4.79 Å². The second-order valence-corrected chi connectivity index (χ2v) is 6.58. The minimum absolute atomic E-state index is 0.186. The standard InChI is InChI=1S/C18H20N6O2/c1-11-20-23-17(26-11)13-5-7-14(8-6-13)19-18(25)24(2)10-15-9-16(22-21-15)12-3-4-12/h5-9,12H,3-4,10H2,1-2H3,(H,19,25)(H,21,22). The van der Waals surface area contributed by atoms with Crippen LogP contribution in [0.3, 0.4) is 0 Å². The number of benzene rings is 1. The van der Waals surface area contributed by atoms with E-state index in [-0.39, 0.29) is 6.03 Å². The average Bonchev–Trinajstić information content (AvgIpc) is 3.23. The van der Waals surface area contributed by atoms with Crippen molar-refractivity contribution < 1.29 is 9.21 Å². The van der Waals surface area contributed by atoms with Gasteiger partial charge in [-0.15, -0.1) is 10.2 Å². The van der Waals surface area contributed by atoms with Gasteiger partial charge in [0.1, 0.15) is 0 Å². The fourth-order valence-corrected chi connectivity index (χ4v) is 2.70. The Balaban J connectivity index is 1.35. The van der Waals surface area contributed by atoms with Crippen molar-refractivity contribution in [3.8, 4) is 11.5 Å². The van der Waals surface area contributed by atoms with Gasteiger partial charge in [0.05, 0.1) is 17.9 Å². The smallest absolute Gasteiger partial charge is 0.321 e. The summed E-state index contributed by atoms with van der Waals surface area (Å²) >= 11 is 0. The van der Waals surface area contributed by atoms with Crippen LogP contribution in [0.15, 0.2) is 34.7 Å². The van der Waals surface area contributed by atoms with E-state index in [9.17, 15) is 4.79 Å². The Morgan fingerprint density at radius 3 is 2.73 bits per heavy atom. The summed E-state index contributed by atoms with van der Waals surface area (Å²) in [6, 6.07) is 9.14. The molecule has 134 valence electrons. The van der Waals surface area contributed by atoms with E-state index in [1.165, 1.54) is 12.8 Å². The SMILES string of the molecule is Cc1nnc(-c2ccc(NC(=O)N(C)Cc3cc(C4CC4)n[nH]3)cc2)o1. The lowest BCUT2D eigenvalue weighted by molar-refractivity contribution is 0.220. The molecule has 3 aromatic rings. The molecular weight excluding hydrogens is 332 g/mol. The molecule has 0 saturated heterocycles. The van der Waals surface area contributed by atoms with Gasteiger partial charge >= 0.3 is 6.03 Å². The molecule has 1 fully saturated rings. The quantitative estimate of drug-likeness (QED) is 0.734. The monoisotopic (exact) mass is 352 g/mol. The zero-order valence-corrected chi connectivity index (χ0v) is 14.7. The third-order valence-electron chi connectivity index (χ3n) is 4.31. The summed E-state index contributed by atoms with van der Waals surface area (Å²) < 4.78 is 5.39. The molecule has 1 aromatic carbocycles. The van der Waals surface area contributed by atoms with Crippen molar-refractivity contribution in [1.29, 1.82) is 0 Å².